The van der Waals surface area contributed by atoms with Crippen LogP contribution in [0.15, 0.2) is 22.7 Å². The second-order valence-corrected chi connectivity index (χ2v) is 9.78. The number of hydrogen-bond acceptors (Lipinski definition) is 6. The van der Waals surface area contributed by atoms with E-state index in [0.717, 1.165) is 18.4 Å². The summed E-state index contributed by atoms with van der Waals surface area (Å²) in [6.45, 7) is 2.16. The molecule has 1 amide bonds. The molecule has 0 radical (unpaired) electrons. The summed E-state index contributed by atoms with van der Waals surface area (Å²) in [4.78, 5) is 16.8. The number of nitrogens with one attached hydrogen (secondary N) is 1. The van der Waals surface area contributed by atoms with Crippen LogP contribution in [-0.4, -0.2) is 54.2 Å². The maximum Gasteiger partial charge on any atom is 0.251 e. The van der Waals surface area contributed by atoms with E-state index in [0.29, 0.717) is 24.6 Å². The van der Waals surface area contributed by atoms with E-state index in [1.54, 1.807) is 6.92 Å². The van der Waals surface area contributed by atoms with E-state index in [9.17, 15) is 22.0 Å². The third-order valence-electron chi connectivity index (χ3n) is 5.78. The molecule has 0 spiro atoms. The van der Waals surface area contributed by atoms with E-state index in [4.69, 9.17) is 4.52 Å². The zero-order valence-corrected chi connectivity index (χ0v) is 16.7. The van der Waals surface area contributed by atoms with Crippen molar-refractivity contribution in [1.29, 1.82) is 0 Å². The van der Waals surface area contributed by atoms with Crippen LogP contribution in [0.5, 0.6) is 0 Å². The van der Waals surface area contributed by atoms with Crippen LogP contribution in [0.25, 0.3) is 0 Å². The number of carbonyl (C=O) groups excluding carboxylic acids is 1. The molecular formula is C18H20F2N4O4S. The van der Waals surface area contributed by atoms with Gasteiger partial charge in [0.25, 0.3) is 5.91 Å². The molecule has 1 aromatic carbocycles. The van der Waals surface area contributed by atoms with Crippen molar-refractivity contribution in [2.45, 2.75) is 31.2 Å². The van der Waals surface area contributed by atoms with E-state index in [-0.39, 0.29) is 30.6 Å². The van der Waals surface area contributed by atoms with Gasteiger partial charge in [-0.1, -0.05) is 5.16 Å². The largest absolute Gasteiger partial charge is 0.349 e. The number of carbonyl (C=O) groups is 1. The van der Waals surface area contributed by atoms with Crippen molar-refractivity contribution in [1.82, 2.24) is 19.8 Å². The molecule has 2 heterocycles. The molecule has 2 fully saturated rings. The molecular weight excluding hydrogens is 406 g/mol. The van der Waals surface area contributed by atoms with Crippen LogP contribution < -0.4 is 5.32 Å². The highest BCUT2D eigenvalue weighted by atomic mass is 32.2. The summed E-state index contributed by atoms with van der Waals surface area (Å²) in [5, 5.41) is 6.68. The van der Waals surface area contributed by atoms with Crippen LogP contribution in [0.1, 0.15) is 34.9 Å². The number of amides is 1. The Balaban J connectivity index is 1.57. The van der Waals surface area contributed by atoms with E-state index < -0.39 is 33.0 Å². The molecule has 1 N–H and O–H groups in total. The minimum Gasteiger partial charge on any atom is -0.349 e. The van der Waals surface area contributed by atoms with Crippen LogP contribution in [-0.2, 0) is 15.4 Å². The summed E-state index contributed by atoms with van der Waals surface area (Å²) in [5.41, 5.74) is -0.683. The summed E-state index contributed by atoms with van der Waals surface area (Å²) < 4.78 is 57.5. The fourth-order valence-electron chi connectivity index (χ4n) is 4.42. The fraction of sp³-hybridized carbons (Fsp3) is 0.500. The highest BCUT2D eigenvalue weighted by Gasteiger charge is 2.59. The summed E-state index contributed by atoms with van der Waals surface area (Å²) in [5.74, 6) is -1.96. The number of aromatic nitrogens is 2. The Hall–Kier alpha value is -2.40. The molecule has 1 aliphatic carbocycles. The molecule has 1 aromatic heterocycles. The number of nitrogens with zero attached hydrogens (tertiary/aromatic N) is 3. The lowest BCUT2D eigenvalue weighted by Crippen LogP contribution is -2.39. The molecule has 29 heavy (non-hydrogen) atoms. The van der Waals surface area contributed by atoms with E-state index >= 15 is 0 Å². The third kappa shape index (κ3) is 3.52. The number of aryl methyl sites for hydroxylation is 1. The SMILES string of the molecule is Cc1noc([C@]23C[C@H](NC(=O)c4ccc(F)c(F)c4)C[C@H]2CN(S(C)(=O)=O)C3)n1. The van der Waals surface area contributed by atoms with Gasteiger partial charge in [-0.25, -0.2) is 21.5 Å². The van der Waals surface area contributed by atoms with Crippen molar-refractivity contribution in [2.75, 3.05) is 19.3 Å². The van der Waals surface area contributed by atoms with Crippen molar-refractivity contribution < 1.29 is 26.5 Å². The lowest BCUT2D eigenvalue weighted by atomic mass is 9.80. The van der Waals surface area contributed by atoms with Gasteiger partial charge in [-0.05, 0) is 43.9 Å². The normalized spacial score (nSPS) is 27.2. The van der Waals surface area contributed by atoms with Crippen molar-refractivity contribution in [3.63, 3.8) is 0 Å². The molecule has 2 aliphatic rings. The van der Waals surface area contributed by atoms with Gasteiger partial charge in [-0.2, -0.15) is 4.98 Å². The first-order valence-electron chi connectivity index (χ1n) is 9.10. The van der Waals surface area contributed by atoms with Crippen LogP contribution in [0.3, 0.4) is 0 Å². The van der Waals surface area contributed by atoms with Crippen molar-refractivity contribution in [3.05, 3.63) is 47.1 Å². The Morgan fingerprint density at radius 2 is 2.10 bits per heavy atom. The number of hydrogen-bond donors (Lipinski definition) is 1. The van der Waals surface area contributed by atoms with E-state index in [2.05, 4.69) is 15.5 Å². The lowest BCUT2D eigenvalue weighted by molar-refractivity contribution is 0.0934. The van der Waals surface area contributed by atoms with Gasteiger partial charge in [0.05, 0.1) is 11.7 Å². The molecule has 0 bridgehead atoms. The molecule has 1 saturated heterocycles. The molecule has 4 rings (SSSR count). The first-order chi connectivity index (χ1) is 13.6. The standard InChI is InChI=1S/C18H20F2N4O4S/c1-10-21-17(28-23-10)18-7-13(6-12(18)8-24(9-18)29(2,26)27)22-16(25)11-3-4-14(19)15(20)5-11/h3-5,12-13H,6-9H2,1-2H3,(H,22,25)/t12-,13+,18-/m0/s1. The minimum absolute atomic E-state index is 0.0152. The van der Waals surface area contributed by atoms with Gasteiger partial charge >= 0.3 is 0 Å². The first-order valence-corrected chi connectivity index (χ1v) is 11.0. The number of halogens is 2. The molecule has 1 saturated carbocycles. The first kappa shape index (κ1) is 19.9. The van der Waals surface area contributed by atoms with Gasteiger partial charge in [0.1, 0.15) is 0 Å². The van der Waals surface area contributed by atoms with Crippen molar-refractivity contribution in [2.24, 2.45) is 5.92 Å². The Bertz CT molecular complexity index is 1070. The Labute approximate surface area is 166 Å². The fourth-order valence-corrected chi connectivity index (χ4v) is 5.34. The topological polar surface area (TPSA) is 105 Å². The summed E-state index contributed by atoms with van der Waals surface area (Å²) in [6.07, 6.45) is 2.06. The van der Waals surface area contributed by atoms with Gasteiger partial charge < -0.3 is 9.84 Å². The van der Waals surface area contributed by atoms with Crippen molar-refractivity contribution in [3.8, 4) is 0 Å². The Morgan fingerprint density at radius 3 is 2.72 bits per heavy atom. The van der Waals surface area contributed by atoms with Gasteiger partial charge in [0.15, 0.2) is 17.5 Å². The quantitative estimate of drug-likeness (QED) is 0.792. The molecule has 11 heteroatoms. The Kier molecular flexibility index (Phi) is 4.69. The number of sulfonamides is 1. The van der Waals surface area contributed by atoms with E-state index in [1.807, 2.05) is 0 Å². The smallest absolute Gasteiger partial charge is 0.251 e. The van der Waals surface area contributed by atoms with Gasteiger partial charge in [-0.3, -0.25) is 4.79 Å². The predicted molar refractivity (Wildman–Crippen MR) is 97.5 cm³/mol. The van der Waals surface area contributed by atoms with Gasteiger partial charge in [0, 0.05) is 24.7 Å². The number of benzene rings is 1. The van der Waals surface area contributed by atoms with Crippen LogP contribution in [0.2, 0.25) is 0 Å². The predicted octanol–water partition coefficient (Wildman–Crippen LogP) is 1.38. The second kappa shape index (κ2) is 6.84. The average molecular weight is 426 g/mol. The van der Waals surface area contributed by atoms with Gasteiger partial charge in [0.2, 0.25) is 15.9 Å². The maximum absolute atomic E-state index is 13.4. The lowest BCUT2D eigenvalue weighted by Gasteiger charge is -2.24. The summed E-state index contributed by atoms with van der Waals surface area (Å²) in [7, 11) is -3.40. The zero-order valence-electron chi connectivity index (χ0n) is 15.9. The van der Waals surface area contributed by atoms with Gasteiger partial charge in [-0.15, -0.1) is 0 Å². The molecule has 0 unspecified atom stereocenters. The minimum atomic E-state index is -3.40. The summed E-state index contributed by atoms with van der Waals surface area (Å²) in [6, 6.07) is 2.67. The zero-order chi connectivity index (χ0) is 21.0. The van der Waals surface area contributed by atoms with E-state index in [1.165, 1.54) is 10.4 Å². The summed E-state index contributed by atoms with van der Waals surface area (Å²) >= 11 is 0. The van der Waals surface area contributed by atoms with Crippen molar-refractivity contribution >= 4 is 15.9 Å². The van der Waals surface area contributed by atoms with Crippen LogP contribution >= 0.6 is 0 Å². The number of fused-ring (bicyclic) bond motifs is 1. The molecule has 3 atom stereocenters. The number of rotatable bonds is 4. The Morgan fingerprint density at radius 1 is 1.34 bits per heavy atom. The monoisotopic (exact) mass is 426 g/mol. The van der Waals surface area contributed by atoms with Crippen LogP contribution in [0.4, 0.5) is 8.78 Å². The third-order valence-corrected chi connectivity index (χ3v) is 7.00. The molecule has 156 valence electrons. The van der Waals surface area contributed by atoms with Crippen LogP contribution in [0, 0.1) is 24.5 Å². The maximum atomic E-state index is 13.4. The molecule has 1 aliphatic heterocycles. The highest BCUT2D eigenvalue weighted by Crippen LogP contribution is 2.50. The molecule has 2 aromatic rings. The highest BCUT2D eigenvalue weighted by molar-refractivity contribution is 7.88. The second-order valence-electron chi connectivity index (χ2n) is 7.79. The average Bonchev–Trinajstić information content (AvgIpc) is 3.29. The molecule has 8 nitrogen and oxygen atoms in total.